The van der Waals surface area contributed by atoms with Crippen LogP contribution in [-0.4, -0.2) is 38.1 Å². The molecule has 21 heavy (non-hydrogen) atoms. The number of hydrogen-bond acceptors (Lipinski definition) is 4. The number of benzene rings is 1. The Bertz CT molecular complexity index is 705. The molecule has 2 aromatic rings. The van der Waals surface area contributed by atoms with Crippen LogP contribution in [0.25, 0.3) is 11.0 Å². The number of fused-ring (bicyclic) bond motifs is 1. The molecule has 6 nitrogen and oxygen atoms in total. The summed E-state index contributed by atoms with van der Waals surface area (Å²) < 4.78 is 32.6. The van der Waals surface area contributed by atoms with E-state index in [9.17, 15) is 8.42 Å². The highest BCUT2D eigenvalue weighted by molar-refractivity contribution is 7.89. The Morgan fingerprint density at radius 2 is 2.33 bits per heavy atom. The molecule has 1 saturated heterocycles. The zero-order chi connectivity index (χ0) is 14.7. The van der Waals surface area contributed by atoms with Gasteiger partial charge in [0, 0.05) is 19.8 Å². The SMILES string of the molecule is O=S(=O)(NCC[C@H]1CCCOC1)c1ccc2nc[nH]c2c1. The highest BCUT2D eigenvalue weighted by Gasteiger charge is 2.17. The molecule has 1 fully saturated rings. The van der Waals surface area contributed by atoms with Crippen molar-refractivity contribution in [3.05, 3.63) is 24.5 Å². The van der Waals surface area contributed by atoms with Crippen LogP contribution in [0.3, 0.4) is 0 Å². The van der Waals surface area contributed by atoms with Gasteiger partial charge in [-0.2, -0.15) is 0 Å². The van der Waals surface area contributed by atoms with Gasteiger partial charge in [0.25, 0.3) is 0 Å². The molecule has 1 aromatic carbocycles. The van der Waals surface area contributed by atoms with E-state index in [4.69, 9.17) is 4.74 Å². The average Bonchev–Trinajstić information content (AvgIpc) is 2.95. The second kappa shape index (κ2) is 6.13. The summed E-state index contributed by atoms with van der Waals surface area (Å²) in [6.07, 6.45) is 4.54. The number of aromatic nitrogens is 2. The fourth-order valence-electron chi connectivity index (χ4n) is 2.60. The first-order valence-electron chi connectivity index (χ1n) is 7.16. The van der Waals surface area contributed by atoms with Crippen LogP contribution >= 0.6 is 0 Å². The summed E-state index contributed by atoms with van der Waals surface area (Å²) in [6, 6.07) is 4.89. The van der Waals surface area contributed by atoms with Crippen LogP contribution in [0, 0.1) is 5.92 Å². The Hall–Kier alpha value is -1.44. The van der Waals surface area contributed by atoms with Gasteiger partial charge >= 0.3 is 0 Å². The Morgan fingerprint density at radius 1 is 1.43 bits per heavy atom. The van der Waals surface area contributed by atoms with Crippen molar-refractivity contribution in [1.82, 2.24) is 14.7 Å². The van der Waals surface area contributed by atoms with E-state index >= 15 is 0 Å². The lowest BCUT2D eigenvalue weighted by molar-refractivity contribution is 0.0523. The van der Waals surface area contributed by atoms with Gasteiger partial charge in [-0.15, -0.1) is 0 Å². The van der Waals surface area contributed by atoms with Crippen molar-refractivity contribution in [1.29, 1.82) is 0 Å². The molecule has 7 heteroatoms. The van der Waals surface area contributed by atoms with E-state index in [1.807, 2.05) is 0 Å². The predicted molar refractivity (Wildman–Crippen MR) is 79.4 cm³/mol. The summed E-state index contributed by atoms with van der Waals surface area (Å²) in [5, 5.41) is 0. The lowest BCUT2D eigenvalue weighted by atomic mass is 9.99. The summed E-state index contributed by atoms with van der Waals surface area (Å²) in [6.45, 7) is 2.01. The minimum absolute atomic E-state index is 0.263. The Morgan fingerprint density at radius 3 is 3.14 bits per heavy atom. The van der Waals surface area contributed by atoms with Crippen LogP contribution in [0.4, 0.5) is 0 Å². The first kappa shape index (κ1) is 14.5. The molecule has 2 N–H and O–H groups in total. The number of H-pyrrole nitrogens is 1. The molecule has 1 aliphatic rings. The second-order valence-corrected chi connectivity index (χ2v) is 7.12. The van der Waals surface area contributed by atoms with Crippen molar-refractivity contribution in [2.24, 2.45) is 5.92 Å². The molecule has 114 valence electrons. The zero-order valence-electron chi connectivity index (χ0n) is 11.7. The molecule has 3 rings (SSSR count). The van der Waals surface area contributed by atoms with Crippen molar-refractivity contribution in [3.8, 4) is 0 Å². The average molecular weight is 309 g/mol. The standard InChI is InChI=1S/C14H19N3O3S/c18-21(19,17-6-5-11-2-1-7-20-9-11)12-3-4-13-14(8-12)16-10-15-13/h3-4,8,10-11,17H,1-2,5-7,9H2,(H,15,16)/t11-/m1/s1. The number of ether oxygens (including phenoxy) is 1. The van der Waals surface area contributed by atoms with E-state index < -0.39 is 10.0 Å². The maximum Gasteiger partial charge on any atom is 0.240 e. The minimum Gasteiger partial charge on any atom is -0.381 e. The fraction of sp³-hybridized carbons (Fsp3) is 0.500. The number of nitrogens with zero attached hydrogens (tertiary/aromatic N) is 1. The summed E-state index contributed by atoms with van der Waals surface area (Å²) in [7, 11) is -3.47. The molecule has 1 aromatic heterocycles. The minimum atomic E-state index is -3.47. The maximum absolute atomic E-state index is 12.3. The van der Waals surface area contributed by atoms with Gasteiger partial charge in [-0.05, 0) is 43.4 Å². The summed E-state index contributed by atoms with van der Waals surface area (Å²) in [4.78, 5) is 7.26. The van der Waals surface area contributed by atoms with Gasteiger partial charge in [0.05, 0.1) is 22.3 Å². The van der Waals surface area contributed by atoms with Crippen molar-refractivity contribution in [2.75, 3.05) is 19.8 Å². The highest BCUT2D eigenvalue weighted by Crippen LogP contribution is 2.18. The number of rotatable bonds is 5. The molecule has 0 spiro atoms. The number of sulfonamides is 1. The maximum atomic E-state index is 12.3. The van der Waals surface area contributed by atoms with Crippen molar-refractivity contribution in [2.45, 2.75) is 24.2 Å². The third-order valence-electron chi connectivity index (χ3n) is 3.80. The van der Waals surface area contributed by atoms with Crippen LogP contribution in [0.2, 0.25) is 0 Å². The number of nitrogens with one attached hydrogen (secondary N) is 2. The number of hydrogen-bond donors (Lipinski definition) is 2. The Balaban J connectivity index is 1.62. The molecule has 0 amide bonds. The molecule has 0 aliphatic carbocycles. The van der Waals surface area contributed by atoms with Crippen molar-refractivity contribution < 1.29 is 13.2 Å². The summed E-state index contributed by atoms with van der Waals surface area (Å²) >= 11 is 0. The molecule has 0 unspecified atom stereocenters. The third-order valence-corrected chi connectivity index (χ3v) is 5.26. The molecule has 0 saturated carbocycles. The molecule has 0 radical (unpaired) electrons. The van der Waals surface area contributed by atoms with Gasteiger partial charge < -0.3 is 9.72 Å². The van der Waals surface area contributed by atoms with E-state index in [1.54, 1.807) is 24.5 Å². The van der Waals surface area contributed by atoms with Crippen LogP contribution in [0.5, 0.6) is 0 Å². The van der Waals surface area contributed by atoms with E-state index in [0.29, 0.717) is 12.5 Å². The fourth-order valence-corrected chi connectivity index (χ4v) is 3.67. The van der Waals surface area contributed by atoms with Crippen LogP contribution in [0.15, 0.2) is 29.4 Å². The molecule has 1 aliphatic heterocycles. The largest absolute Gasteiger partial charge is 0.381 e. The van der Waals surface area contributed by atoms with E-state index in [1.165, 1.54) is 0 Å². The zero-order valence-corrected chi connectivity index (χ0v) is 12.5. The smallest absolute Gasteiger partial charge is 0.240 e. The summed E-state index contributed by atoms with van der Waals surface area (Å²) in [5.74, 6) is 0.455. The first-order chi connectivity index (χ1) is 10.1. The third kappa shape index (κ3) is 3.42. The van der Waals surface area contributed by atoms with Gasteiger partial charge in [0.15, 0.2) is 0 Å². The molecular weight excluding hydrogens is 290 g/mol. The second-order valence-electron chi connectivity index (χ2n) is 5.35. The number of imidazole rings is 1. The predicted octanol–water partition coefficient (Wildman–Crippen LogP) is 1.66. The van der Waals surface area contributed by atoms with Gasteiger partial charge in [-0.1, -0.05) is 0 Å². The van der Waals surface area contributed by atoms with Crippen molar-refractivity contribution in [3.63, 3.8) is 0 Å². The Labute approximate surface area is 124 Å². The van der Waals surface area contributed by atoms with Crippen LogP contribution in [0.1, 0.15) is 19.3 Å². The highest BCUT2D eigenvalue weighted by atomic mass is 32.2. The molecular formula is C14H19N3O3S. The first-order valence-corrected chi connectivity index (χ1v) is 8.64. The van der Waals surface area contributed by atoms with E-state index in [0.717, 1.165) is 43.5 Å². The van der Waals surface area contributed by atoms with Crippen molar-refractivity contribution >= 4 is 21.1 Å². The van der Waals surface area contributed by atoms with Gasteiger partial charge in [-0.25, -0.2) is 18.1 Å². The van der Waals surface area contributed by atoms with E-state index in [2.05, 4.69) is 14.7 Å². The van der Waals surface area contributed by atoms with Crippen LogP contribution < -0.4 is 4.72 Å². The molecule has 2 heterocycles. The Kier molecular flexibility index (Phi) is 4.23. The topological polar surface area (TPSA) is 84.1 Å². The van der Waals surface area contributed by atoms with E-state index in [-0.39, 0.29) is 4.90 Å². The normalized spacial score (nSPS) is 19.9. The monoisotopic (exact) mass is 309 g/mol. The lowest BCUT2D eigenvalue weighted by Crippen LogP contribution is -2.28. The molecule has 1 atom stereocenters. The quantitative estimate of drug-likeness (QED) is 0.879. The van der Waals surface area contributed by atoms with Gasteiger partial charge in [0.2, 0.25) is 10.0 Å². The van der Waals surface area contributed by atoms with Crippen LogP contribution in [-0.2, 0) is 14.8 Å². The van der Waals surface area contributed by atoms with Gasteiger partial charge in [-0.3, -0.25) is 0 Å². The summed E-state index contributed by atoms with van der Waals surface area (Å²) in [5.41, 5.74) is 1.48. The molecule has 0 bridgehead atoms. The number of aromatic amines is 1. The lowest BCUT2D eigenvalue weighted by Gasteiger charge is -2.21. The van der Waals surface area contributed by atoms with Gasteiger partial charge in [0.1, 0.15) is 0 Å².